The summed E-state index contributed by atoms with van der Waals surface area (Å²) in [5.74, 6) is 0. The molecule has 0 N–H and O–H groups in total. The summed E-state index contributed by atoms with van der Waals surface area (Å²) in [6, 6.07) is 0. The van der Waals surface area contributed by atoms with E-state index in [-0.39, 0.29) is 462 Å². The zero-order valence-electron chi connectivity index (χ0n) is 37.2. The minimum atomic E-state index is -2.92. The summed E-state index contributed by atoms with van der Waals surface area (Å²) in [4.78, 5) is 0. The summed E-state index contributed by atoms with van der Waals surface area (Å²) in [6.07, 6.45) is 0. The third-order valence-corrected chi connectivity index (χ3v) is 0. The van der Waals surface area contributed by atoms with Gasteiger partial charge in [-0.3, -0.25) is 87.9 Å². The molecule has 0 aromatic rings. The van der Waals surface area contributed by atoms with E-state index in [4.69, 9.17) is 181 Å². The van der Waals surface area contributed by atoms with Gasteiger partial charge >= 0.3 is 396 Å². The van der Waals surface area contributed by atoms with Gasteiger partial charge < -0.3 is 247 Å². The maximum atomic E-state index is 8.42. The van der Waals surface area contributed by atoms with Crippen molar-refractivity contribution in [1.82, 2.24) is 0 Å². The first-order valence-electron chi connectivity index (χ1n) is 8.49. The first-order chi connectivity index (χ1) is 20.8. The van der Waals surface area contributed by atoms with Gasteiger partial charge in [-0.05, 0) is 0 Å². The zero-order chi connectivity index (χ0) is 42.9. The fourth-order valence-electron chi connectivity index (χ4n) is 0. The van der Waals surface area contributed by atoms with Crippen molar-refractivity contribution in [3.8, 4) is 0 Å². The molecule has 0 bridgehead atoms. The zero-order valence-corrected chi connectivity index (χ0v) is 63.4. The molecule has 80 heavy (non-hydrogen) atoms. The van der Waals surface area contributed by atoms with Gasteiger partial charge in [0.1, 0.15) is 0 Å². The molecular weight excluding hydrogens is 1670 g/mol. The van der Waals surface area contributed by atoms with Crippen molar-refractivity contribution in [3.63, 3.8) is 0 Å². The van der Waals surface area contributed by atoms with Crippen LogP contribution >= 0.6 is 0 Å². The second-order valence-electron chi connectivity index (χ2n) is 3.46. The van der Waals surface area contributed by atoms with Crippen molar-refractivity contribution in [2.24, 2.45) is 0 Å². The summed E-state index contributed by atoms with van der Waals surface area (Å²) >= 11 is 0. The molecule has 48 nitrogen and oxygen atoms in total. The van der Waals surface area contributed by atoms with Gasteiger partial charge in [-0.2, -0.15) is 0 Å². The van der Waals surface area contributed by atoms with Gasteiger partial charge in [0.25, 0.3) is 0 Å². The van der Waals surface area contributed by atoms with E-state index in [2.05, 4.69) is 0 Å². The van der Waals surface area contributed by atoms with E-state index < -0.39 is 87.9 Å². The maximum absolute atomic E-state index is 8.42. The standard InChI is InChI=1S/5Al.12BO3.5Fe.5Mg.12O.5Ti/c;;;;;12*2-1(3)4;;;;;;;;;;;;;;;;;;;;;;;;;;;/q5*+3;12*-3;5*+3;5*+2;12*-2;5*+4. The molecule has 0 atom stereocenters. The van der Waals surface area contributed by atoms with E-state index in [1.165, 1.54) is 0 Å². The Kier molecular flexibility index (Phi) is 1330. The van der Waals surface area contributed by atoms with Crippen LogP contribution in [-0.2, 0) is 260 Å². The van der Waals surface area contributed by atoms with Gasteiger partial charge in [0.15, 0.2) is 0 Å². The van der Waals surface area contributed by atoms with Crippen molar-refractivity contribution in [3.05, 3.63) is 0 Å². The molecule has 0 aliphatic rings. The van der Waals surface area contributed by atoms with Gasteiger partial charge in [-0.25, -0.2) is 0 Å². The molecule has 0 unspecified atom stereocenters. The smallest absolute Gasteiger partial charge is 2.00 e. The minimum absolute atomic E-state index is 0. The van der Waals surface area contributed by atoms with Crippen LogP contribution in [0, 0.1) is 0 Å². The second-order valence-corrected chi connectivity index (χ2v) is 3.46. The Balaban J connectivity index is -0.00000000406. The Morgan fingerprint density at radius 3 is 0.113 bits per heavy atom. The molecule has 0 heterocycles. The van der Waals surface area contributed by atoms with Gasteiger partial charge in [0.2, 0.25) is 0 Å². The van der Waals surface area contributed by atoms with Crippen LogP contribution in [0.1, 0.15) is 0 Å². The number of hydrogen-bond donors (Lipinski definition) is 0. The molecule has 0 aromatic carbocycles. The van der Waals surface area contributed by atoms with Crippen LogP contribution in [0.3, 0.4) is 0 Å². The Bertz CT molecular complexity index is 334. The summed E-state index contributed by atoms with van der Waals surface area (Å²) < 4.78 is 0. The van der Waals surface area contributed by atoms with Crippen LogP contribution in [0.4, 0.5) is 0 Å². The van der Waals surface area contributed by atoms with E-state index in [1.807, 2.05) is 0 Å². The number of hydrogen-bond acceptors (Lipinski definition) is 36. The minimum Gasteiger partial charge on any atom is -2.00 e. The molecule has 5 radical (unpaired) electrons. The van der Waals surface area contributed by atoms with Gasteiger partial charge in [0.05, 0.1) is 0 Å². The molecule has 0 aromatic heterocycles. The maximum Gasteiger partial charge on any atom is 4.00 e. The topological polar surface area (TPSA) is 1170 Å². The van der Waals surface area contributed by atoms with Crippen LogP contribution in [0.5, 0.6) is 0 Å². The molecule has 0 amide bonds. The van der Waals surface area contributed by atoms with Crippen molar-refractivity contribution in [1.29, 1.82) is 0 Å². The van der Waals surface area contributed by atoms with E-state index in [1.54, 1.807) is 0 Å². The third kappa shape index (κ3) is 5280. The van der Waals surface area contributed by atoms with Crippen LogP contribution in [0.25, 0.3) is 0 Å². The molecule has 0 saturated carbocycles. The molecule has 0 aliphatic carbocycles. The Labute approximate surface area is 719 Å². The van der Waals surface area contributed by atoms with Crippen LogP contribution in [-0.4, -0.2) is 290 Å². The summed E-state index contributed by atoms with van der Waals surface area (Å²) in [6.45, 7) is 0. The first-order valence-corrected chi connectivity index (χ1v) is 8.49. The fraction of sp³-hybridized carbons (Fsp3) is 0. The normalized spacial score (nSPS) is 4.05. The van der Waals surface area contributed by atoms with E-state index >= 15 is 0 Å². The first kappa shape index (κ1) is 332. The van der Waals surface area contributed by atoms with Gasteiger partial charge in [-0.15, -0.1) is 0 Å². The average molecular weight is 1670 g/mol. The van der Waals surface area contributed by atoms with Crippen molar-refractivity contribution in [2.75, 3.05) is 0 Å². The Morgan fingerprint density at radius 1 is 0.113 bits per heavy atom. The Morgan fingerprint density at radius 2 is 0.113 bits per heavy atom. The van der Waals surface area contributed by atoms with Crippen molar-refractivity contribution in [2.45, 2.75) is 0 Å². The van der Waals surface area contributed by atoms with Crippen LogP contribution in [0.15, 0.2) is 0 Å². The van der Waals surface area contributed by atoms with Gasteiger partial charge in [0, 0.05) is 0 Å². The number of rotatable bonds is 0. The monoisotopic (exact) mass is 1670 g/mol. The SMILES string of the molecule is [Al+3].[Al+3].[Al+3].[Al+3].[Al+3].[Fe+3].[Fe+3].[Fe+3].[Fe+3].[Fe+3].[Mg+2].[Mg+2].[Mg+2].[Mg+2].[Mg+2].[O-2].[O-2].[O-2].[O-2].[O-2].[O-2].[O-2].[O-2].[O-2].[O-2].[O-2].[O-2].[O-]B([O-])[O-].[O-]B([O-])[O-].[O-]B([O-])[O-].[O-]B([O-])[O-].[O-]B([O-])[O-].[O-]B([O-])[O-].[O-]B([O-])[O-].[O-]B([O-])[O-].[O-]B([O-])[O-].[O-]B([O-])[O-].[O-]B([O-])[O-].[O-]B([O-])[O-].[Ti+4].[Ti+4].[Ti+4].[Ti+4].[Ti+4]. The second kappa shape index (κ2) is 321. The molecule has 0 saturated heterocycles. The fourth-order valence-corrected chi connectivity index (χ4v) is 0. The summed E-state index contributed by atoms with van der Waals surface area (Å²) in [5.41, 5.74) is 0. The van der Waals surface area contributed by atoms with Crippen LogP contribution < -0.4 is 181 Å². The summed E-state index contributed by atoms with van der Waals surface area (Å²) in [7, 11) is -35.0. The van der Waals surface area contributed by atoms with Gasteiger partial charge in [-0.1, -0.05) is 0 Å². The molecule has 0 rings (SSSR count). The molecular formula is Al5B12Fe5Mg5O48Ti5. The molecule has 0 fully saturated rings. The molecule has 0 aliphatic heterocycles. The van der Waals surface area contributed by atoms with E-state index in [0.717, 1.165) is 0 Å². The van der Waals surface area contributed by atoms with Crippen molar-refractivity contribution >= 4 is 290 Å². The quantitative estimate of drug-likeness (QED) is 0.203. The molecule has 409 valence electrons. The predicted molar refractivity (Wildman–Crippen MR) is 135 cm³/mol. The molecule has 80 heteroatoms. The van der Waals surface area contributed by atoms with Crippen LogP contribution in [0.2, 0.25) is 0 Å². The summed E-state index contributed by atoms with van der Waals surface area (Å²) in [5, 5.41) is 303. The van der Waals surface area contributed by atoms with E-state index in [9.17, 15) is 0 Å². The largest absolute Gasteiger partial charge is 4.00 e. The van der Waals surface area contributed by atoms with E-state index in [0.29, 0.717) is 0 Å². The third-order valence-electron chi connectivity index (χ3n) is 0. The average Bonchev–Trinajstić information content (AvgIpc) is 2.61. The predicted octanol–water partition coefficient (Wildman–Crippen LogP) is -52.6. The molecule has 0 spiro atoms. The van der Waals surface area contributed by atoms with Crippen molar-refractivity contribution < 1.29 is 441 Å². The Hall–Kier alpha value is 11.5.